The lowest BCUT2D eigenvalue weighted by atomic mass is 9.94. The number of esters is 1. The van der Waals surface area contributed by atoms with Crippen LogP contribution < -0.4 is 21.3 Å². The summed E-state index contributed by atoms with van der Waals surface area (Å²) in [5.41, 5.74) is 1.11. The third-order valence-electron chi connectivity index (χ3n) is 9.66. The van der Waals surface area contributed by atoms with Gasteiger partial charge < -0.3 is 40.4 Å². The Kier molecular flexibility index (Phi) is 19.4. The van der Waals surface area contributed by atoms with Gasteiger partial charge in [-0.1, -0.05) is 101 Å². The van der Waals surface area contributed by atoms with Crippen LogP contribution in [0.3, 0.4) is 0 Å². The Balaban J connectivity index is 1.69. The number of alkyl carbamates (subject to hydrolysis) is 2. The summed E-state index contributed by atoms with van der Waals surface area (Å²) < 4.78 is 15.7. The molecule has 5 atom stereocenters. The minimum atomic E-state index is -1.03. The van der Waals surface area contributed by atoms with E-state index in [2.05, 4.69) is 21.3 Å². The number of benzene rings is 2. The lowest BCUT2D eigenvalue weighted by Gasteiger charge is -2.30. The number of rotatable bonds is 20. The van der Waals surface area contributed by atoms with Crippen LogP contribution in [0.2, 0.25) is 0 Å². The van der Waals surface area contributed by atoms with Crippen molar-refractivity contribution < 1.29 is 43.0 Å². The number of amides is 5. The van der Waals surface area contributed by atoms with E-state index in [1.54, 1.807) is 39.5 Å². The van der Waals surface area contributed by atoms with Crippen molar-refractivity contribution in [1.82, 2.24) is 26.2 Å². The van der Waals surface area contributed by atoms with Crippen molar-refractivity contribution in [3.63, 3.8) is 0 Å². The SMILES string of the molecule is COC(=O)[C@H](CCCNC(=O)OCc1ccccc1)NC(=O)[C@@H](NC(=O)[C@@H]1CCCN1C(=O)[C@H](C=C[C@H](CC(C)C)NC(=O)OC(C)(C)C)Cc1ccccc1)C(C)C. The maximum absolute atomic E-state index is 14.4. The van der Waals surface area contributed by atoms with Crippen molar-refractivity contribution in [3.05, 3.63) is 83.9 Å². The smallest absolute Gasteiger partial charge is 0.408 e. The first-order chi connectivity index (χ1) is 28.0. The van der Waals surface area contributed by atoms with E-state index in [0.29, 0.717) is 38.6 Å². The van der Waals surface area contributed by atoms with Crippen LogP contribution in [0.4, 0.5) is 9.59 Å². The molecule has 0 spiro atoms. The molecule has 2 aromatic rings. The fraction of sp³-hybridized carbons (Fsp3) is 0.556. The van der Waals surface area contributed by atoms with Gasteiger partial charge in [0.05, 0.1) is 19.1 Å². The van der Waals surface area contributed by atoms with E-state index in [9.17, 15) is 28.8 Å². The van der Waals surface area contributed by atoms with Crippen LogP contribution in [-0.4, -0.2) is 90.7 Å². The molecule has 0 radical (unpaired) electrons. The third kappa shape index (κ3) is 17.2. The molecule has 324 valence electrons. The number of ether oxygens (including phenoxy) is 3. The summed E-state index contributed by atoms with van der Waals surface area (Å²) in [7, 11) is 1.22. The Morgan fingerprint density at radius 1 is 0.847 bits per heavy atom. The van der Waals surface area contributed by atoms with E-state index in [1.165, 1.54) is 7.11 Å². The average Bonchev–Trinajstić information content (AvgIpc) is 3.68. The van der Waals surface area contributed by atoms with E-state index in [-0.39, 0.29) is 37.3 Å². The number of nitrogens with one attached hydrogen (secondary N) is 4. The number of nitrogens with zero attached hydrogens (tertiary/aromatic N) is 1. The lowest BCUT2D eigenvalue weighted by molar-refractivity contribution is -0.146. The lowest BCUT2D eigenvalue weighted by Crippen LogP contribution is -2.57. The number of methoxy groups -OCH3 is 1. The minimum Gasteiger partial charge on any atom is -0.467 e. The van der Waals surface area contributed by atoms with Crippen molar-refractivity contribution in [1.29, 1.82) is 0 Å². The highest BCUT2D eigenvalue weighted by atomic mass is 16.6. The zero-order chi connectivity index (χ0) is 43.5. The number of hydrogen-bond acceptors (Lipinski definition) is 9. The summed E-state index contributed by atoms with van der Waals surface area (Å²) in [5, 5.41) is 11.2. The van der Waals surface area contributed by atoms with Crippen molar-refractivity contribution in [2.24, 2.45) is 17.8 Å². The molecule has 0 unspecified atom stereocenters. The number of carbonyl (C=O) groups is 6. The average molecular weight is 820 g/mol. The molecule has 3 rings (SSSR count). The predicted molar refractivity (Wildman–Crippen MR) is 225 cm³/mol. The second-order valence-corrected chi connectivity index (χ2v) is 16.7. The van der Waals surface area contributed by atoms with E-state index < -0.39 is 65.7 Å². The molecule has 1 saturated heterocycles. The van der Waals surface area contributed by atoms with E-state index in [1.807, 2.05) is 86.7 Å². The van der Waals surface area contributed by atoms with Crippen LogP contribution in [0.1, 0.15) is 91.7 Å². The first kappa shape index (κ1) is 48.0. The molecule has 1 aliphatic heterocycles. The van der Waals surface area contributed by atoms with Crippen LogP contribution in [0.15, 0.2) is 72.8 Å². The van der Waals surface area contributed by atoms with E-state index >= 15 is 0 Å². The normalized spacial score (nSPS) is 16.2. The highest BCUT2D eigenvalue weighted by molar-refractivity contribution is 5.94. The Bertz CT molecular complexity index is 1690. The minimum absolute atomic E-state index is 0.113. The van der Waals surface area contributed by atoms with Gasteiger partial charge in [0.25, 0.3) is 0 Å². The predicted octanol–water partition coefficient (Wildman–Crippen LogP) is 5.84. The van der Waals surface area contributed by atoms with Crippen molar-refractivity contribution in [2.45, 2.75) is 123 Å². The highest BCUT2D eigenvalue weighted by Crippen LogP contribution is 2.24. The Morgan fingerprint density at radius 3 is 2.08 bits per heavy atom. The van der Waals surface area contributed by atoms with Gasteiger partial charge in [0.1, 0.15) is 30.3 Å². The molecule has 1 heterocycles. The first-order valence-electron chi connectivity index (χ1n) is 20.6. The quantitative estimate of drug-likeness (QED) is 0.0553. The second-order valence-electron chi connectivity index (χ2n) is 16.7. The molecule has 0 aromatic heterocycles. The van der Waals surface area contributed by atoms with Crippen LogP contribution in [0.25, 0.3) is 0 Å². The van der Waals surface area contributed by atoms with Crippen LogP contribution in [-0.2, 0) is 46.4 Å². The zero-order valence-electron chi connectivity index (χ0n) is 36.0. The van der Waals surface area contributed by atoms with Crippen LogP contribution in [0, 0.1) is 17.8 Å². The molecule has 59 heavy (non-hydrogen) atoms. The van der Waals surface area contributed by atoms with Gasteiger partial charge in [0, 0.05) is 13.1 Å². The van der Waals surface area contributed by atoms with Crippen molar-refractivity contribution in [2.75, 3.05) is 20.2 Å². The van der Waals surface area contributed by atoms with Gasteiger partial charge in [-0.15, -0.1) is 0 Å². The van der Waals surface area contributed by atoms with Gasteiger partial charge in [-0.2, -0.15) is 0 Å². The van der Waals surface area contributed by atoms with E-state index in [4.69, 9.17) is 14.2 Å². The second kappa shape index (κ2) is 23.9. The maximum Gasteiger partial charge on any atom is 0.408 e. The first-order valence-corrected chi connectivity index (χ1v) is 20.6. The largest absolute Gasteiger partial charge is 0.467 e. The number of carbonyl (C=O) groups excluding carboxylic acids is 6. The molecule has 14 nitrogen and oxygen atoms in total. The summed E-state index contributed by atoms with van der Waals surface area (Å²) in [6.45, 7) is 13.7. The van der Waals surface area contributed by atoms with Gasteiger partial charge in [-0.25, -0.2) is 14.4 Å². The molecule has 0 saturated carbocycles. The molecule has 1 fully saturated rings. The molecule has 0 aliphatic carbocycles. The monoisotopic (exact) mass is 819 g/mol. The summed E-state index contributed by atoms with van der Waals surface area (Å²) in [4.78, 5) is 81.2. The number of hydrogen-bond donors (Lipinski definition) is 4. The fourth-order valence-electron chi connectivity index (χ4n) is 6.75. The Hall–Kier alpha value is -5.40. The summed E-state index contributed by atoms with van der Waals surface area (Å²) in [6, 6.07) is 15.6. The summed E-state index contributed by atoms with van der Waals surface area (Å²) in [5.74, 6) is -2.73. The molecule has 1 aliphatic rings. The van der Waals surface area contributed by atoms with Crippen molar-refractivity contribution >= 4 is 35.9 Å². The maximum atomic E-state index is 14.4. The van der Waals surface area contributed by atoms with Gasteiger partial charge in [0.2, 0.25) is 17.7 Å². The van der Waals surface area contributed by atoms with Gasteiger partial charge in [-0.05, 0) is 82.3 Å². The van der Waals surface area contributed by atoms with Crippen molar-refractivity contribution in [3.8, 4) is 0 Å². The summed E-state index contributed by atoms with van der Waals surface area (Å²) >= 11 is 0. The standard InChI is InChI=1S/C45H65N5O9/c1-30(2)27-35(47-44(56)59-45(5,6)7)24-23-34(28-32-17-11-9-12-18-32)41(53)50-26-16-22-37(50)39(51)49-38(31(3)4)40(52)48-36(42(54)57-8)21-15-25-46-43(55)58-29-33-19-13-10-14-20-33/h9-14,17-20,23-24,30-31,34-38H,15-16,21-22,25-29H2,1-8H3,(H,46,55)(H,47,56)(H,48,52)(H,49,51)/t34-,35-,36+,37+,38+/m1/s1. The highest BCUT2D eigenvalue weighted by Gasteiger charge is 2.39. The third-order valence-corrected chi connectivity index (χ3v) is 9.66. The molecular weight excluding hydrogens is 755 g/mol. The summed E-state index contributed by atoms with van der Waals surface area (Å²) in [6.07, 6.45) is 4.97. The van der Waals surface area contributed by atoms with Gasteiger partial charge in [-0.3, -0.25) is 14.4 Å². The molecule has 14 heteroatoms. The van der Waals surface area contributed by atoms with Crippen LogP contribution in [0.5, 0.6) is 0 Å². The topological polar surface area (TPSA) is 181 Å². The molecular formula is C45H65N5O9. The molecule has 4 N–H and O–H groups in total. The van der Waals surface area contributed by atoms with Gasteiger partial charge >= 0.3 is 18.2 Å². The van der Waals surface area contributed by atoms with E-state index in [0.717, 1.165) is 11.1 Å². The molecule has 5 amide bonds. The molecule has 2 aromatic carbocycles. The number of likely N-dealkylation sites (tertiary alicyclic amines) is 1. The zero-order valence-corrected chi connectivity index (χ0v) is 36.0. The Labute approximate surface area is 349 Å². The molecule has 0 bridgehead atoms. The van der Waals surface area contributed by atoms with Crippen LogP contribution >= 0.6 is 0 Å². The van der Waals surface area contributed by atoms with Gasteiger partial charge in [0.15, 0.2) is 0 Å². The Morgan fingerprint density at radius 2 is 1.49 bits per heavy atom. The fourth-order valence-corrected chi connectivity index (χ4v) is 6.75.